The molecule has 4 rings (SSSR count). The van der Waals surface area contributed by atoms with Crippen molar-refractivity contribution in [3.63, 3.8) is 0 Å². The second-order valence-electron chi connectivity index (χ2n) is 6.18. The van der Waals surface area contributed by atoms with Crippen LogP contribution in [0, 0.1) is 5.92 Å². The van der Waals surface area contributed by atoms with Gasteiger partial charge in [-0.15, -0.1) is 0 Å². The van der Waals surface area contributed by atoms with Crippen molar-refractivity contribution in [2.24, 2.45) is 5.92 Å². The minimum absolute atomic E-state index is 0.0152. The van der Waals surface area contributed by atoms with Crippen molar-refractivity contribution in [1.82, 2.24) is 10.2 Å². The van der Waals surface area contributed by atoms with Crippen molar-refractivity contribution in [3.05, 3.63) is 59.7 Å². The van der Waals surface area contributed by atoms with Crippen LogP contribution in [0.4, 0.5) is 0 Å². The molecule has 2 heterocycles. The zero-order valence-corrected chi connectivity index (χ0v) is 13.6. The summed E-state index contributed by atoms with van der Waals surface area (Å²) in [4.78, 5) is 26.3. The summed E-state index contributed by atoms with van der Waals surface area (Å²) < 4.78 is 10.5. The number of rotatable bonds is 4. The van der Waals surface area contributed by atoms with Crippen LogP contribution in [0.1, 0.15) is 15.9 Å². The second-order valence-corrected chi connectivity index (χ2v) is 6.18. The SMILES string of the molecule is O=C(NCc1ccccc1)C1CN(C(=O)c2ccc3c(c2)OCO3)C1. The summed E-state index contributed by atoms with van der Waals surface area (Å²) in [6, 6.07) is 14.9. The van der Waals surface area contributed by atoms with Gasteiger partial charge in [0, 0.05) is 25.2 Å². The van der Waals surface area contributed by atoms with E-state index in [0.29, 0.717) is 36.7 Å². The Kier molecular flexibility index (Phi) is 4.01. The predicted molar refractivity (Wildman–Crippen MR) is 90.2 cm³/mol. The number of hydrogen-bond acceptors (Lipinski definition) is 4. The number of benzene rings is 2. The third kappa shape index (κ3) is 3.15. The first-order valence-electron chi connectivity index (χ1n) is 8.21. The molecule has 0 aromatic heterocycles. The fourth-order valence-electron chi connectivity index (χ4n) is 2.95. The molecule has 6 nitrogen and oxygen atoms in total. The number of carbonyl (C=O) groups is 2. The number of ether oxygens (including phenoxy) is 2. The van der Waals surface area contributed by atoms with Gasteiger partial charge in [0.25, 0.3) is 5.91 Å². The first-order chi connectivity index (χ1) is 12.2. The maximum Gasteiger partial charge on any atom is 0.254 e. The number of likely N-dealkylation sites (tertiary alicyclic amines) is 1. The molecule has 0 atom stereocenters. The fourth-order valence-corrected chi connectivity index (χ4v) is 2.95. The van der Waals surface area contributed by atoms with E-state index in [4.69, 9.17) is 9.47 Å². The third-order valence-corrected chi connectivity index (χ3v) is 4.47. The number of amides is 2. The van der Waals surface area contributed by atoms with Gasteiger partial charge in [-0.05, 0) is 23.8 Å². The molecule has 0 saturated carbocycles. The Hall–Kier alpha value is -3.02. The van der Waals surface area contributed by atoms with Crippen LogP contribution < -0.4 is 14.8 Å². The lowest BCUT2D eigenvalue weighted by Gasteiger charge is -2.38. The summed E-state index contributed by atoms with van der Waals surface area (Å²) in [5, 5.41) is 2.92. The summed E-state index contributed by atoms with van der Waals surface area (Å²) >= 11 is 0. The number of hydrogen-bond donors (Lipinski definition) is 1. The van der Waals surface area contributed by atoms with Crippen molar-refractivity contribution in [2.45, 2.75) is 6.54 Å². The van der Waals surface area contributed by atoms with E-state index in [2.05, 4.69) is 5.32 Å². The van der Waals surface area contributed by atoms with Crippen LogP contribution in [0.15, 0.2) is 48.5 Å². The Bertz CT molecular complexity index is 800. The fraction of sp³-hybridized carbons (Fsp3) is 0.263. The van der Waals surface area contributed by atoms with Gasteiger partial charge in [0.05, 0.1) is 5.92 Å². The van der Waals surface area contributed by atoms with Gasteiger partial charge in [-0.1, -0.05) is 30.3 Å². The van der Waals surface area contributed by atoms with Crippen LogP contribution in [0.25, 0.3) is 0 Å². The van der Waals surface area contributed by atoms with Gasteiger partial charge in [-0.25, -0.2) is 0 Å². The molecular weight excluding hydrogens is 320 g/mol. The van der Waals surface area contributed by atoms with Gasteiger partial charge in [-0.3, -0.25) is 9.59 Å². The molecule has 25 heavy (non-hydrogen) atoms. The number of nitrogens with one attached hydrogen (secondary N) is 1. The molecule has 1 saturated heterocycles. The summed E-state index contributed by atoms with van der Waals surface area (Å²) in [7, 11) is 0. The van der Waals surface area contributed by atoms with Crippen LogP contribution in [-0.2, 0) is 11.3 Å². The monoisotopic (exact) mass is 338 g/mol. The minimum Gasteiger partial charge on any atom is -0.454 e. The van der Waals surface area contributed by atoms with Crippen molar-refractivity contribution < 1.29 is 19.1 Å². The Morgan fingerprint density at radius 1 is 1.04 bits per heavy atom. The summed E-state index contributed by atoms with van der Waals surface area (Å²) in [6.07, 6.45) is 0. The highest BCUT2D eigenvalue weighted by Gasteiger charge is 2.36. The largest absolute Gasteiger partial charge is 0.454 e. The van der Waals surface area contributed by atoms with Crippen molar-refractivity contribution in [3.8, 4) is 11.5 Å². The van der Waals surface area contributed by atoms with Gasteiger partial charge in [0.15, 0.2) is 11.5 Å². The molecule has 2 aliphatic rings. The zero-order valence-electron chi connectivity index (χ0n) is 13.6. The molecular formula is C19H18N2O4. The molecule has 2 aromatic rings. The highest BCUT2D eigenvalue weighted by atomic mass is 16.7. The van der Waals surface area contributed by atoms with Crippen LogP contribution >= 0.6 is 0 Å². The number of nitrogens with zero attached hydrogens (tertiary/aromatic N) is 1. The summed E-state index contributed by atoms with van der Waals surface area (Å²) in [5.74, 6) is 0.979. The van der Waals surface area contributed by atoms with E-state index in [1.165, 1.54) is 0 Å². The van der Waals surface area contributed by atoms with Gasteiger partial charge in [0.2, 0.25) is 12.7 Å². The normalized spacial score (nSPS) is 15.6. The molecule has 6 heteroatoms. The highest BCUT2D eigenvalue weighted by molar-refractivity contribution is 5.96. The minimum atomic E-state index is -0.151. The maximum atomic E-state index is 12.5. The van der Waals surface area contributed by atoms with Crippen LogP contribution in [0.5, 0.6) is 11.5 Å². The molecule has 0 bridgehead atoms. The van der Waals surface area contributed by atoms with E-state index in [-0.39, 0.29) is 24.5 Å². The smallest absolute Gasteiger partial charge is 0.254 e. The molecule has 2 amide bonds. The molecule has 0 aliphatic carbocycles. The number of fused-ring (bicyclic) bond motifs is 1. The Morgan fingerprint density at radius 2 is 1.80 bits per heavy atom. The molecule has 0 spiro atoms. The lowest BCUT2D eigenvalue weighted by molar-refractivity contribution is -0.129. The molecule has 1 fully saturated rings. The zero-order chi connectivity index (χ0) is 17.2. The average Bonchev–Trinajstić information content (AvgIpc) is 3.07. The van der Waals surface area contributed by atoms with Crippen LogP contribution in [0.2, 0.25) is 0 Å². The Balaban J connectivity index is 1.29. The first-order valence-corrected chi connectivity index (χ1v) is 8.21. The van der Waals surface area contributed by atoms with E-state index < -0.39 is 0 Å². The van der Waals surface area contributed by atoms with Gasteiger partial charge < -0.3 is 19.7 Å². The molecule has 0 radical (unpaired) electrons. The Morgan fingerprint density at radius 3 is 2.60 bits per heavy atom. The van der Waals surface area contributed by atoms with Gasteiger partial charge >= 0.3 is 0 Å². The topological polar surface area (TPSA) is 67.9 Å². The highest BCUT2D eigenvalue weighted by Crippen LogP contribution is 2.33. The van der Waals surface area contributed by atoms with E-state index in [9.17, 15) is 9.59 Å². The molecule has 128 valence electrons. The van der Waals surface area contributed by atoms with E-state index >= 15 is 0 Å². The van der Waals surface area contributed by atoms with Crippen molar-refractivity contribution in [1.29, 1.82) is 0 Å². The van der Waals surface area contributed by atoms with Crippen LogP contribution in [0.3, 0.4) is 0 Å². The quantitative estimate of drug-likeness (QED) is 0.923. The molecule has 2 aromatic carbocycles. The molecule has 0 unspecified atom stereocenters. The van der Waals surface area contributed by atoms with Gasteiger partial charge in [0.1, 0.15) is 0 Å². The number of carbonyl (C=O) groups excluding carboxylic acids is 2. The van der Waals surface area contributed by atoms with E-state index in [0.717, 1.165) is 5.56 Å². The van der Waals surface area contributed by atoms with Gasteiger partial charge in [-0.2, -0.15) is 0 Å². The molecule has 1 N–H and O–H groups in total. The van der Waals surface area contributed by atoms with Crippen LogP contribution in [-0.4, -0.2) is 36.6 Å². The predicted octanol–water partition coefficient (Wildman–Crippen LogP) is 1.80. The van der Waals surface area contributed by atoms with Crippen molar-refractivity contribution >= 4 is 11.8 Å². The third-order valence-electron chi connectivity index (χ3n) is 4.47. The summed E-state index contributed by atoms with van der Waals surface area (Å²) in [6.45, 7) is 1.56. The standard InChI is InChI=1S/C19H18N2O4/c22-18(20-9-13-4-2-1-3-5-13)15-10-21(11-15)19(23)14-6-7-16-17(8-14)25-12-24-16/h1-8,15H,9-12H2,(H,20,22). The van der Waals surface area contributed by atoms with E-state index in [1.807, 2.05) is 30.3 Å². The first kappa shape index (κ1) is 15.5. The summed E-state index contributed by atoms with van der Waals surface area (Å²) in [5.41, 5.74) is 1.61. The lowest BCUT2D eigenvalue weighted by atomic mass is 9.97. The average molecular weight is 338 g/mol. The maximum absolute atomic E-state index is 12.5. The lowest BCUT2D eigenvalue weighted by Crippen LogP contribution is -2.55. The Labute approximate surface area is 145 Å². The van der Waals surface area contributed by atoms with Crippen molar-refractivity contribution in [2.75, 3.05) is 19.9 Å². The second kappa shape index (κ2) is 6.47. The van der Waals surface area contributed by atoms with E-state index in [1.54, 1.807) is 23.1 Å². The molecule has 2 aliphatic heterocycles.